The maximum Gasteiger partial charge on any atom is 0.119 e. The summed E-state index contributed by atoms with van der Waals surface area (Å²) in [5, 5.41) is 12.4. The molecule has 0 aliphatic rings. The average molecular weight is 279 g/mol. The second-order valence-electron chi connectivity index (χ2n) is 4.42. The summed E-state index contributed by atoms with van der Waals surface area (Å²) < 4.78 is 5.70. The van der Waals surface area contributed by atoms with E-state index in [0.717, 1.165) is 17.0 Å². The van der Waals surface area contributed by atoms with Gasteiger partial charge in [0, 0.05) is 12.6 Å². The molecule has 2 aromatic rings. The van der Waals surface area contributed by atoms with Crippen molar-refractivity contribution >= 4 is 11.9 Å². The maximum atomic E-state index is 8.40. The molecule has 0 heterocycles. The Morgan fingerprint density at radius 1 is 1.10 bits per heavy atom. The molecule has 0 atom stereocenters. The highest BCUT2D eigenvalue weighted by atomic mass is 16.5. The van der Waals surface area contributed by atoms with Gasteiger partial charge in [0.1, 0.15) is 12.4 Å². The van der Waals surface area contributed by atoms with Crippen molar-refractivity contribution in [3.05, 3.63) is 60.2 Å². The number of nitrogens with one attached hydrogen (secondary N) is 1. The zero-order valence-corrected chi connectivity index (χ0v) is 11.7. The highest BCUT2D eigenvalue weighted by Crippen LogP contribution is 2.17. The van der Waals surface area contributed by atoms with E-state index in [-0.39, 0.29) is 0 Å². The van der Waals surface area contributed by atoms with Crippen molar-refractivity contribution in [1.29, 1.82) is 5.26 Å². The zero-order valence-electron chi connectivity index (χ0n) is 11.7. The maximum absolute atomic E-state index is 8.40. The molecule has 0 unspecified atom stereocenters. The Morgan fingerprint density at radius 2 is 1.86 bits per heavy atom. The van der Waals surface area contributed by atoms with Crippen LogP contribution in [0.5, 0.6) is 5.75 Å². The molecule has 4 heteroatoms. The largest absolute Gasteiger partial charge is 0.489 e. The lowest BCUT2D eigenvalue weighted by Gasteiger charge is -2.07. The highest BCUT2D eigenvalue weighted by molar-refractivity contribution is 5.59. The third-order valence-electron chi connectivity index (χ3n) is 2.77. The predicted molar refractivity (Wildman–Crippen MR) is 84.2 cm³/mol. The van der Waals surface area contributed by atoms with Crippen LogP contribution in [-0.4, -0.2) is 6.21 Å². The molecule has 0 amide bonds. The van der Waals surface area contributed by atoms with Crippen molar-refractivity contribution in [2.45, 2.75) is 19.4 Å². The molecule has 0 aromatic heterocycles. The first-order valence-electron chi connectivity index (χ1n) is 6.80. The predicted octanol–water partition coefficient (Wildman–Crippen LogP) is 3.97. The van der Waals surface area contributed by atoms with E-state index in [1.807, 2.05) is 54.6 Å². The molecule has 1 N–H and O–H groups in total. The summed E-state index contributed by atoms with van der Waals surface area (Å²) in [7, 11) is 0. The van der Waals surface area contributed by atoms with Crippen molar-refractivity contribution in [1.82, 2.24) is 0 Å². The zero-order chi connectivity index (χ0) is 14.8. The number of hydrazone groups is 1. The van der Waals surface area contributed by atoms with E-state index in [0.29, 0.717) is 19.4 Å². The Morgan fingerprint density at radius 3 is 2.57 bits per heavy atom. The molecule has 0 bridgehead atoms. The summed E-state index contributed by atoms with van der Waals surface area (Å²) in [6, 6.07) is 19.7. The molecule has 0 saturated heterocycles. The number of hydrogen-bond donors (Lipinski definition) is 1. The number of nitriles is 1. The normalized spacial score (nSPS) is 10.2. The molecular formula is C17H17N3O. The van der Waals surface area contributed by atoms with Gasteiger partial charge in [-0.15, -0.1) is 0 Å². The summed E-state index contributed by atoms with van der Waals surface area (Å²) in [6.07, 6.45) is 2.84. The number of benzene rings is 2. The topological polar surface area (TPSA) is 57.4 Å². The van der Waals surface area contributed by atoms with Crippen LogP contribution in [0.2, 0.25) is 0 Å². The van der Waals surface area contributed by atoms with Crippen LogP contribution in [0, 0.1) is 11.3 Å². The van der Waals surface area contributed by atoms with Crippen molar-refractivity contribution in [3.63, 3.8) is 0 Å². The van der Waals surface area contributed by atoms with Crippen LogP contribution in [-0.2, 0) is 6.61 Å². The van der Waals surface area contributed by atoms with Gasteiger partial charge in [0.25, 0.3) is 0 Å². The van der Waals surface area contributed by atoms with E-state index >= 15 is 0 Å². The minimum atomic E-state index is 0.484. The van der Waals surface area contributed by atoms with E-state index in [4.69, 9.17) is 10.00 Å². The van der Waals surface area contributed by atoms with Crippen molar-refractivity contribution in [2.75, 3.05) is 5.43 Å². The summed E-state index contributed by atoms with van der Waals surface area (Å²) in [4.78, 5) is 0. The first-order chi connectivity index (χ1) is 10.4. The molecule has 4 nitrogen and oxygen atoms in total. The van der Waals surface area contributed by atoms with E-state index < -0.39 is 0 Å². The summed E-state index contributed by atoms with van der Waals surface area (Å²) >= 11 is 0. The molecule has 0 saturated carbocycles. The fourth-order valence-electron chi connectivity index (χ4n) is 1.68. The third-order valence-corrected chi connectivity index (χ3v) is 2.77. The molecule has 0 aliphatic carbocycles. The minimum absolute atomic E-state index is 0.484. The Hall–Kier alpha value is -2.80. The van der Waals surface area contributed by atoms with Crippen LogP contribution < -0.4 is 10.2 Å². The molecular weight excluding hydrogens is 262 g/mol. The number of nitrogens with zero attached hydrogens (tertiary/aromatic N) is 2. The standard InChI is InChI=1S/C17H17N3O/c18-12-4-5-13-19-20-16-8-10-17(11-9-16)21-14-15-6-2-1-3-7-15/h1-3,6-11,13,20H,4-5,14H2/b19-13-. The number of anilines is 1. The minimum Gasteiger partial charge on any atom is -0.489 e. The van der Waals surface area contributed by atoms with Gasteiger partial charge in [-0.3, -0.25) is 5.43 Å². The highest BCUT2D eigenvalue weighted by Gasteiger charge is 1.96. The van der Waals surface area contributed by atoms with Crippen LogP contribution in [0.3, 0.4) is 0 Å². The number of rotatable bonds is 7. The summed E-state index contributed by atoms with van der Waals surface area (Å²) in [5.74, 6) is 0.817. The van der Waals surface area contributed by atoms with Crippen LogP contribution in [0.4, 0.5) is 5.69 Å². The lowest BCUT2D eigenvalue weighted by atomic mass is 10.2. The van der Waals surface area contributed by atoms with Gasteiger partial charge in [0.05, 0.1) is 11.8 Å². The molecule has 21 heavy (non-hydrogen) atoms. The van der Waals surface area contributed by atoms with E-state index in [2.05, 4.69) is 16.6 Å². The van der Waals surface area contributed by atoms with Gasteiger partial charge in [0.2, 0.25) is 0 Å². The fraction of sp³-hybridized carbons (Fsp3) is 0.176. The molecule has 0 spiro atoms. The van der Waals surface area contributed by atoms with E-state index in [1.54, 1.807) is 6.21 Å². The average Bonchev–Trinajstić information content (AvgIpc) is 2.55. The lowest BCUT2D eigenvalue weighted by molar-refractivity contribution is 0.306. The first kappa shape index (κ1) is 14.6. The summed E-state index contributed by atoms with van der Waals surface area (Å²) in [6.45, 7) is 0.555. The van der Waals surface area contributed by atoms with Crippen LogP contribution in [0.25, 0.3) is 0 Å². The molecule has 106 valence electrons. The summed E-state index contributed by atoms with van der Waals surface area (Å²) in [5.41, 5.74) is 4.93. The number of unbranched alkanes of at least 4 members (excludes halogenated alkanes) is 1. The fourth-order valence-corrected chi connectivity index (χ4v) is 1.68. The first-order valence-corrected chi connectivity index (χ1v) is 6.80. The van der Waals surface area contributed by atoms with Crippen molar-refractivity contribution < 1.29 is 4.74 Å². The van der Waals surface area contributed by atoms with Gasteiger partial charge >= 0.3 is 0 Å². The Bertz CT molecular complexity index is 600. The SMILES string of the molecule is N#CCC/C=N\Nc1ccc(OCc2ccccc2)cc1. The lowest BCUT2D eigenvalue weighted by Crippen LogP contribution is -1.95. The van der Waals surface area contributed by atoms with E-state index in [1.165, 1.54) is 0 Å². The molecule has 0 radical (unpaired) electrons. The molecule has 0 aliphatic heterocycles. The van der Waals surface area contributed by atoms with Gasteiger partial charge in [-0.25, -0.2) is 0 Å². The quantitative estimate of drug-likeness (QED) is 0.474. The van der Waals surface area contributed by atoms with Gasteiger partial charge < -0.3 is 4.74 Å². The van der Waals surface area contributed by atoms with Crippen LogP contribution in [0.15, 0.2) is 59.7 Å². The van der Waals surface area contributed by atoms with Crippen LogP contribution >= 0.6 is 0 Å². The van der Waals surface area contributed by atoms with E-state index in [9.17, 15) is 0 Å². The molecule has 2 aromatic carbocycles. The van der Waals surface area contributed by atoms with Crippen molar-refractivity contribution in [2.24, 2.45) is 5.10 Å². The number of hydrogen-bond acceptors (Lipinski definition) is 4. The van der Waals surface area contributed by atoms with Crippen molar-refractivity contribution in [3.8, 4) is 11.8 Å². The molecule has 0 fully saturated rings. The van der Waals surface area contributed by atoms with Gasteiger partial charge in [-0.05, 0) is 36.2 Å². The Balaban J connectivity index is 1.79. The monoisotopic (exact) mass is 279 g/mol. The van der Waals surface area contributed by atoms with Crippen LogP contribution in [0.1, 0.15) is 18.4 Å². The second-order valence-corrected chi connectivity index (χ2v) is 4.42. The number of ether oxygens (including phenoxy) is 1. The van der Waals surface area contributed by atoms with Gasteiger partial charge in [-0.2, -0.15) is 10.4 Å². The second kappa shape index (κ2) is 8.39. The smallest absolute Gasteiger partial charge is 0.119 e. The van der Waals surface area contributed by atoms with Gasteiger partial charge in [-0.1, -0.05) is 30.3 Å². The Labute approximate surface area is 124 Å². The van der Waals surface area contributed by atoms with Gasteiger partial charge in [0.15, 0.2) is 0 Å². The molecule has 2 rings (SSSR count). The Kier molecular flexibility index (Phi) is 5.83. The third kappa shape index (κ3) is 5.37.